The first-order valence-electron chi connectivity index (χ1n) is 7.46. The molecule has 1 nitrogen and oxygen atoms in total. The molecule has 17 heavy (non-hydrogen) atoms. The van der Waals surface area contributed by atoms with Gasteiger partial charge in [0.25, 0.3) is 0 Å². The molecule has 0 amide bonds. The number of hydrogen-bond donors (Lipinski definition) is 0. The standard InChI is InChI=1S/C16H28O/c1-4-5-11-16(2,3)17-15-10-9-13-7-6-8-14(13)12-15/h5,11,13-15H,4,6-10,12H2,1-3H3/b11-5-. The molecule has 0 aromatic heterocycles. The molecule has 1 heteroatoms. The fraction of sp³-hybridized carbons (Fsp3) is 0.875. The van der Waals surface area contributed by atoms with Gasteiger partial charge in [-0.2, -0.15) is 0 Å². The highest BCUT2D eigenvalue weighted by molar-refractivity contribution is 4.97. The van der Waals surface area contributed by atoms with E-state index in [0.29, 0.717) is 6.10 Å². The van der Waals surface area contributed by atoms with Crippen LogP contribution in [0.25, 0.3) is 0 Å². The summed E-state index contributed by atoms with van der Waals surface area (Å²) in [4.78, 5) is 0. The molecule has 2 fully saturated rings. The van der Waals surface area contributed by atoms with Crippen molar-refractivity contribution in [2.75, 3.05) is 0 Å². The van der Waals surface area contributed by atoms with E-state index < -0.39 is 0 Å². The van der Waals surface area contributed by atoms with E-state index in [-0.39, 0.29) is 5.60 Å². The number of hydrogen-bond acceptors (Lipinski definition) is 1. The normalized spacial score (nSPS) is 34.2. The Kier molecular flexibility index (Phi) is 4.30. The second-order valence-electron chi connectivity index (χ2n) is 6.42. The van der Waals surface area contributed by atoms with Crippen LogP contribution in [0.15, 0.2) is 12.2 Å². The summed E-state index contributed by atoms with van der Waals surface area (Å²) in [5.74, 6) is 2.00. The summed E-state index contributed by atoms with van der Waals surface area (Å²) < 4.78 is 6.30. The van der Waals surface area contributed by atoms with Gasteiger partial charge < -0.3 is 4.74 Å². The summed E-state index contributed by atoms with van der Waals surface area (Å²) in [6.45, 7) is 6.57. The van der Waals surface area contributed by atoms with Crippen LogP contribution in [-0.2, 0) is 4.74 Å². The van der Waals surface area contributed by atoms with E-state index in [1.54, 1.807) is 0 Å². The zero-order chi connectivity index (χ0) is 12.3. The minimum absolute atomic E-state index is 0.0773. The molecule has 3 unspecified atom stereocenters. The summed E-state index contributed by atoms with van der Waals surface area (Å²) >= 11 is 0. The van der Waals surface area contributed by atoms with Crippen molar-refractivity contribution in [1.82, 2.24) is 0 Å². The number of rotatable bonds is 4. The van der Waals surface area contributed by atoms with Crippen molar-refractivity contribution in [3.63, 3.8) is 0 Å². The van der Waals surface area contributed by atoms with Crippen molar-refractivity contribution in [2.24, 2.45) is 11.8 Å². The lowest BCUT2D eigenvalue weighted by atomic mass is 9.80. The SMILES string of the molecule is CC/C=C\C(C)(C)OC1CCC2CCCC2C1. The Morgan fingerprint density at radius 1 is 1.12 bits per heavy atom. The lowest BCUT2D eigenvalue weighted by Gasteiger charge is -2.36. The summed E-state index contributed by atoms with van der Waals surface area (Å²) in [5, 5.41) is 0. The van der Waals surface area contributed by atoms with Gasteiger partial charge in [-0.25, -0.2) is 0 Å². The molecule has 0 aromatic rings. The summed E-state index contributed by atoms with van der Waals surface area (Å²) in [5.41, 5.74) is -0.0773. The lowest BCUT2D eigenvalue weighted by Crippen LogP contribution is -2.34. The van der Waals surface area contributed by atoms with Crippen LogP contribution in [0.5, 0.6) is 0 Å². The van der Waals surface area contributed by atoms with E-state index in [0.717, 1.165) is 18.3 Å². The number of fused-ring (bicyclic) bond motifs is 1. The molecular formula is C16H28O. The molecule has 0 aliphatic heterocycles. The van der Waals surface area contributed by atoms with Crippen molar-refractivity contribution in [2.45, 2.75) is 77.4 Å². The highest BCUT2D eigenvalue weighted by Gasteiger charge is 2.35. The molecule has 0 aromatic carbocycles. The van der Waals surface area contributed by atoms with Crippen LogP contribution in [-0.4, -0.2) is 11.7 Å². The van der Waals surface area contributed by atoms with E-state index in [1.165, 1.54) is 38.5 Å². The molecule has 98 valence electrons. The summed E-state index contributed by atoms with van der Waals surface area (Å²) in [7, 11) is 0. The maximum absolute atomic E-state index is 6.30. The summed E-state index contributed by atoms with van der Waals surface area (Å²) in [6, 6.07) is 0. The molecule has 3 atom stereocenters. The van der Waals surface area contributed by atoms with Gasteiger partial charge in [-0.1, -0.05) is 38.3 Å². The van der Waals surface area contributed by atoms with Gasteiger partial charge in [-0.15, -0.1) is 0 Å². The van der Waals surface area contributed by atoms with Crippen molar-refractivity contribution in [3.05, 3.63) is 12.2 Å². The average molecular weight is 236 g/mol. The highest BCUT2D eigenvalue weighted by atomic mass is 16.5. The van der Waals surface area contributed by atoms with Gasteiger partial charge in [0.15, 0.2) is 0 Å². The third-order valence-electron chi connectivity index (χ3n) is 4.47. The molecule has 2 saturated carbocycles. The Morgan fingerprint density at radius 3 is 2.65 bits per heavy atom. The van der Waals surface area contributed by atoms with Gasteiger partial charge in [0.05, 0.1) is 11.7 Å². The Bertz CT molecular complexity index is 267. The Morgan fingerprint density at radius 2 is 1.88 bits per heavy atom. The maximum atomic E-state index is 6.30. The summed E-state index contributed by atoms with van der Waals surface area (Å²) in [6.07, 6.45) is 14.5. The van der Waals surface area contributed by atoms with Gasteiger partial charge in [0.2, 0.25) is 0 Å². The predicted octanol–water partition coefficient (Wildman–Crippen LogP) is 4.72. The molecule has 2 aliphatic carbocycles. The van der Waals surface area contributed by atoms with Gasteiger partial charge in [0, 0.05) is 0 Å². The zero-order valence-corrected chi connectivity index (χ0v) is 11.7. The quantitative estimate of drug-likeness (QED) is 0.642. The van der Waals surface area contributed by atoms with Crippen LogP contribution >= 0.6 is 0 Å². The topological polar surface area (TPSA) is 9.23 Å². The largest absolute Gasteiger partial charge is 0.368 e. The highest BCUT2D eigenvalue weighted by Crippen LogP contribution is 2.43. The van der Waals surface area contributed by atoms with Crippen LogP contribution in [0.2, 0.25) is 0 Å². The first-order valence-corrected chi connectivity index (χ1v) is 7.46. The van der Waals surface area contributed by atoms with Crippen molar-refractivity contribution >= 4 is 0 Å². The molecule has 0 N–H and O–H groups in total. The molecule has 0 heterocycles. The first-order chi connectivity index (χ1) is 8.11. The second kappa shape index (κ2) is 5.56. The predicted molar refractivity (Wildman–Crippen MR) is 73.1 cm³/mol. The number of allylic oxidation sites excluding steroid dienone is 1. The fourth-order valence-electron chi connectivity index (χ4n) is 3.64. The van der Waals surface area contributed by atoms with Crippen LogP contribution in [0.3, 0.4) is 0 Å². The Hall–Kier alpha value is -0.300. The van der Waals surface area contributed by atoms with E-state index >= 15 is 0 Å². The molecular weight excluding hydrogens is 208 g/mol. The monoisotopic (exact) mass is 236 g/mol. The molecule has 2 aliphatic rings. The molecule has 0 bridgehead atoms. The Labute approximate surface area is 107 Å². The molecule has 0 spiro atoms. The van der Waals surface area contributed by atoms with Gasteiger partial charge in [-0.05, 0) is 51.4 Å². The van der Waals surface area contributed by atoms with Gasteiger partial charge >= 0.3 is 0 Å². The number of ether oxygens (including phenoxy) is 1. The molecule has 2 rings (SSSR count). The van der Waals surface area contributed by atoms with E-state index in [2.05, 4.69) is 32.9 Å². The van der Waals surface area contributed by atoms with Crippen LogP contribution in [0.1, 0.15) is 65.7 Å². The van der Waals surface area contributed by atoms with E-state index in [1.807, 2.05) is 0 Å². The van der Waals surface area contributed by atoms with E-state index in [4.69, 9.17) is 4.74 Å². The van der Waals surface area contributed by atoms with Crippen LogP contribution in [0, 0.1) is 11.8 Å². The minimum Gasteiger partial charge on any atom is -0.368 e. The lowest BCUT2D eigenvalue weighted by molar-refractivity contribution is -0.0711. The maximum Gasteiger partial charge on any atom is 0.0810 e. The fourth-order valence-corrected chi connectivity index (χ4v) is 3.64. The third-order valence-corrected chi connectivity index (χ3v) is 4.47. The van der Waals surface area contributed by atoms with Gasteiger partial charge in [-0.3, -0.25) is 0 Å². The third kappa shape index (κ3) is 3.58. The molecule has 0 radical (unpaired) electrons. The Balaban J connectivity index is 1.85. The van der Waals surface area contributed by atoms with Gasteiger partial charge in [0.1, 0.15) is 0 Å². The van der Waals surface area contributed by atoms with E-state index in [9.17, 15) is 0 Å². The van der Waals surface area contributed by atoms with Crippen molar-refractivity contribution in [3.8, 4) is 0 Å². The van der Waals surface area contributed by atoms with Crippen molar-refractivity contribution < 1.29 is 4.74 Å². The van der Waals surface area contributed by atoms with Crippen LogP contribution in [0.4, 0.5) is 0 Å². The zero-order valence-electron chi connectivity index (χ0n) is 11.7. The minimum atomic E-state index is -0.0773. The first kappa shape index (κ1) is 13.1. The average Bonchev–Trinajstić information content (AvgIpc) is 2.73. The van der Waals surface area contributed by atoms with Crippen LogP contribution < -0.4 is 0 Å². The van der Waals surface area contributed by atoms with Crippen molar-refractivity contribution in [1.29, 1.82) is 0 Å². The second-order valence-corrected chi connectivity index (χ2v) is 6.42. The smallest absolute Gasteiger partial charge is 0.0810 e. The molecule has 0 saturated heterocycles.